The van der Waals surface area contributed by atoms with Gasteiger partial charge in [0.1, 0.15) is 0 Å². The quantitative estimate of drug-likeness (QED) is 0.516. The maximum absolute atomic E-state index is 5.33. The van der Waals surface area contributed by atoms with Crippen molar-refractivity contribution in [1.29, 1.82) is 0 Å². The lowest BCUT2D eigenvalue weighted by Crippen LogP contribution is -2.45. The maximum Gasteiger partial charge on any atom is 0.169 e. The molecule has 0 spiro atoms. The second kappa shape index (κ2) is 9.81. The average molecular weight is 248 g/mol. The first-order chi connectivity index (χ1) is 7.63. The van der Waals surface area contributed by atoms with E-state index in [1.807, 2.05) is 0 Å². The van der Waals surface area contributed by atoms with Gasteiger partial charge in [0.2, 0.25) is 0 Å². The minimum Gasteiger partial charge on any atom is -0.385 e. The third-order valence-corrected chi connectivity index (χ3v) is 2.60. The van der Waals surface area contributed by atoms with Crippen LogP contribution in [0, 0.1) is 0 Å². The summed E-state index contributed by atoms with van der Waals surface area (Å²) >= 11 is 5.33. The molecule has 4 nitrogen and oxygen atoms in total. The molecular weight excluding hydrogens is 224 g/mol. The van der Waals surface area contributed by atoms with Gasteiger partial charge in [-0.25, -0.2) is 0 Å². The van der Waals surface area contributed by atoms with E-state index in [2.05, 4.69) is 24.1 Å². The molecule has 0 bridgehead atoms. The molecule has 5 heteroatoms. The van der Waals surface area contributed by atoms with Crippen LogP contribution in [0.15, 0.2) is 0 Å². The number of methoxy groups -OCH3 is 2. The van der Waals surface area contributed by atoms with Crippen molar-refractivity contribution in [2.24, 2.45) is 0 Å². The molecule has 16 heavy (non-hydrogen) atoms. The first kappa shape index (κ1) is 15.6. The standard InChI is InChI=1S/C11H24N2O2S/c1-10(2)13(7-9-15-4)11(16)12-6-5-8-14-3/h10H,5-9H2,1-4H3,(H,12,16). The van der Waals surface area contributed by atoms with Crippen LogP contribution in [0.25, 0.3) is 0 Å². The molecule has 0 heterocycles. The highest BCUT2D eigenvalue weighted by atomic mass is 32.1. The summed E-state index contributed by atoms with van der Waals surface area (Å²) in [4.78, 5) is 2.13. The highest BCUT2D eigenvalue weighted by Crippen LogP contribution is 1.99. The molecule has 0 saturated carbocycles. The number of nitrogens with one attached hydrogen (secondary N) is 1. The van der Waals surface area contributed by atoms with Crippen molar-refractivity contribution < 1.29 is 9.47 Å². The fraction of sp³-hybridized carbons (Fsp3) is 0.909. The van der Waals surface area contributed by atoms with Crippen molar-refractivity contribution >= 4 is 17.3 Å². The van der Waals surface area contributed by atoms with E-state index in [9.17, 15) is 0 Å². The van der Waals surface area contributed by atoms with E-state index in [0.29, 0.717) is 12.6 Å². The van der Waals surface area contributed by atoms with Gasteiger partial charge in [-0.05, 0) is 32.5 Å². The van der Waals surface area contributed by atoms with E-state index in [1.165, 1.54) is 0 Å². The number of rotatable bonds is 8. The number of thiocarbonyl (C=S) groups is 1. The first-order valence-corrected chi connectivity index (χ1v) is 6.06. The van der Waals surface area contributed by atoms with Gasteiger partial charge in [-0.2, -0.15) is 0 Å². The summed E-state index contributed by atoms with van der Waals surface area (Å²) < 4.78 is 10.0. The Balaban J connectivity index is 3.87. The molecule has 0 aliphatic carbocycles. The van der Waals surface area contributed by atoms with Gasteiger partial charge in [0.05, 0.1) is 6.61 Å². The number of hydrogen-bond donors (Lipinski definition) is 1. The molecule has 0 rings (SSSR count). The van der Waals surface area contributed by atoms with Crippen LogP contribution in [-0.4, -0.2) is 56.6 Å². The normalized spacial score (nSPS) is 10.6. The molecule has 0 aromatic rings. The Morgan fingerprint density at radius 2 is 1.88 bits per heavy atom. The summed E-state index contributed by atoms with van der Waals surface area (Å²) in [6.07, 6.45) is 0.965. The molecular formula is C11H24N2O2S. The molecule has 0 saturated heterocycles. The van der Waals surface area contributed by atoms with Crippen LogP contribution in [0.4, 0.5) is 0 Å². The Bertz CT molecular complexity index is 189. The van der Waals surface area contributed by atoms with Crippen LogP contribution in [0.2, 0.25) is 0 Å². The minimum absolute atomic E-state index is 0.387. The van der Waals surface area contributed by atoms with E-state index >= 15 is 0 Å². The second-order valence-electron chi connectivity index (χ2n) is 3.86. The molecule has 96 valence electrons. The van der Waals surface area contributed by atoms with Crippen molar-refractivity contribution in [3.05, 3.63) is 0 Å². The van der Waals surface area contributed by atoms with Crippen molar-refractivity contribution in [2.45, 2.75) is 26.3 Å². The van der Waals surface area contributed by atoms with Crippen LogP contribution in [0.3, 0.4) is 0 Å². The monoisotopic (exact) mass is 248 g/mol. The van der Waals surface area contributed by atoms with Gasteiger partial charge in [-0.3, -0.25) is 0 Å². The van der Waals surface area contributed by atoms with Gasteiger partial charge in [0.15, 0.2) is 5.11 Å². The minimum atomic E-state index is 0.387. The van der Waals surface area contributed by atoms with E-state index in [-0.39, 0.29) is 0 Å². The fourth-order valence-corrected chi connectivity index (χ4v) is 1.70. The summed E-state index contributed by atoms with van der Waals surface area (Å²) in [5.41, 5.74) is 0. The smallest absolute Gasteiger partial charge is 0.169 e. The Morgan fingerprint density at radius 1 is 1.25 bits per heavy atom. The van der Waals surface area contributed by atoms with Crippen molar-refractivity contribution in [1.82, 2.24) is 10.2 Å². The summed E-state index contributed by atoms with van der Waals surface area (Å²) in [6.45, 7) is 7.37. The molecule has 0 radical (unpaired) electrons. The molecule has 0 fully saturated rings. The van der Waals surface area contributed by atoms with Crippen LogP contribution in [0.1, 0.15) is 20.3 Å². The van der Waals surface area contributed by atoms with Gasteiger partial charge in [-0.1, -0.05) is 0 Å². The molecule has 0 aliphatic rings. The zero-order valence-corrected chi connectivity index (χ0v) is 11.6. The average Bonchev–Trinajstić information content (AvgIpc) is 2.24. The van der Waals surface area contributed by atoms with Crippen LogP contribution in [-0.2, 0) is 9.47 Å². The topological polar surface area (TPSA) is 33.7 Å². The number of nitrogens with zero attached hydrogens (tertiary/aromatic N) is 1. The maximum atomic E-state index is 5.33. The van der Waals surface area contributed by atoms with Gasteiger partial charge in [0.25, 0.3) is 0 Å². The van der Waals surface area contributed by atoms with Crippen LogP contribution < -0.4 is 5.32 Å². The predicted molar refractivity (Wildman–Crippen MR) is 70.8 cm³/mol. The summed E-state index contributed by atoms with van der Waals surface area (Å²) in [6, 6.07) is 0.387. The molecule has 1 N–H and O–H groups in total. The number of ether oxygens (including phenoxy) is 2. The summed E-state index contributed by atoms with van der Waals surface area (Å²) in [5, 5.41) is 4.02. The summed E-state index contributed by atoms with van der Waals surface area (Å²) in [7, 11) is 3.41. The molecule has 0 atom stereocenters. The van der Waals surface area contributed by atoms with E-state index in [1.54, 1.807) is 14.2 Å². The molecule has 0 aromatic heterocycles. The Kier molecular flexibility index (Phi) is 9.57. The Labute approximate surface area is 104 Å². The lowest BCUT2D eigenvalue weighted by atomic mass is 10.3. The van der Waals surface area contributed by atoms with Crippen molar-refractivity contribution in [2.75, 3.05) is 40.5 Å². The molecule has 0 aliphatic heterocycles. The van der Waals surface area contributed by atoms with Gasteiger partial charge in [-0.15, -0.1) is 0 Å². The first-order valence-electron chi connectivity index (χ1n) is 5.65. The van der Waals surface area contributed by atoms with Crippen molar-refractivity contribution in [3.63, 3.8) is 0 Å². The lowest BCUT2D eigenvalue weighted by Gasteiger charge is -2.29. The second-order valence-corrected chi connectivity index (χ2v) is 4.24. The van der Waals surface area contributed by atoms with E-state index < -0.39 is 0 Å². The predicted octanol–water partition coefficient (Wildman–Crippen LogP) is 1.25. The highest BCUT2D eigenvalue weighted by Gasteiger charge is 2.12. The fourth-order valence-electron chi connectivity index (χ4n) is 1.30. The van der Waals surface area contributed by atoms with E-state index in [0.717, 1.165) is 31.2 Å². The lowest BCUT2D eigenvalue weighted by molar-refractivity contribution is 0.166. The zero-order chi connectivity index (χ0) is 12.4. The third kappa shape index (κ3) is 6.98. The Morgan fingerprint density at radius 3 is 2.38 bits per heavy atom. The third-order valence-electron chi connectivity index (χ3n) is 2.22. The number of hydrogen-bond acceptors (Lipinski definition) is 3. The SMILES string of the molecule is COCCCNC(=S)N(CCOC)C(C)C. The summed E-state index contributed by atoms with van der Waals surface area (Å²) in [5.74, 6) is 0. The Hall–Kier alpha value is -0.390. The molecule has 0 unspecified atom stereocenters. The van der Waals surface area contributed by atoms with Gasteiger partial charge < -0.3 is 19.7 Å². The molecule has 0 aromatic carbocycles. The van der Waals surface area contributed by atoms with Crippen LogP contribution >= 0.6 is 12.2 Å². The molecule has 0 amide bonds. The largest absolute Gasteiger partial charge is 0.385 e. The van der Waals surface area contributed by atoms with Gasteiger partial charge >= 0.3 is 0 Å². The van der Waals surface area contributed by atoms with Crippen LogP contribution in [0.5, 0.6) is 0 Å². The van der Waals surface area contributed by atoms with Gasteiger partial charge in [0, 0.05) is 40.0 Å². The van der Waals surface area contributed by atoms with Crippen molar-refractivity contribution in [3.8, 4) is 0 Å². The highest BCUT2D eigenvalue weighted by molar-refractivity contribution is 7.80. The van der Waals surface area contributed by atoms with E-state index in [4.69, 9.17) is 21.7 Å². The zero-order valence-electron chi connectivity index (χ0n) is 10.8.